The number of benzene rings is 2. The maximum Gasteiger partial charge on any atom is 0.290 e. The number of hydrogen-bond donors (Lipinski definition) is 1. The number of thioether (sulfide) groups is 1. The van der Waals surface area contributed by atoms with Crippen molar-refractivity contribution in [1.29, 1.82) is 0 Å². The topological polar surface area (TPSA) is 92.3 Å². The molecule has 4 fully saturated rings. The molecule has 8 nitrogen and oxygen atoms in total. The Balaban J connectivity index is 1.08. The lowest BCUT2D eigenvalue weighted by molar-refractivity contribution is -0.231. The Morgan fingerprint density at radius 3 is 2.50 bits per heavy atom. The number of imide groups is 1. The molecule has 3 saturated heterocycles. The zero-order chi connectivity index (χ0) is 27.5. The average molecular weight is 566 g/mol. The van der Waals surface area contributed by atoms with Crippen molar-refractivity contribution in [2.24, 2.45) is 5.92 Å². The Morgan fingerprint density at radius 2 is 1.77 bits per heavy atom. The van der Waals surface area contributed by atoms with Gasteiger partial charge in [-0.25, -0.2) is 0 Å². The highest BCUT2D eigenvalue weighted by Gasteiger charge is 2.59. The van der Waals surface area contributed by atoms with Crippen LogP contribution in [0, 0.1) is 5.92 Å². The summed E-state index contributed by atoms with van der Waals surface area (Å²) >= 11 is 0.906. The first kappa shape index (κ1) is 27.5. The third-order valence-electron chi connectivity index (χ3n) is 7.95. The van der Waals surface area contributed by atoms with Gasteiger partial charge < -0.3 is 23.7 Å². The fourth-order valence-corrected chi connectivity index (χ4v) is 6.58. The van der Waals surface area contributed by atoms with Crippen molar-refractivity contribution in [3.63, 3.8) is 0 Å². The first-order chi connectivity index (χ1) is 19.5. The van der Waals surface area contributed by atoms with E-state index >= 15 is 0 Å². The Kier molecular flexibility index (Phi) is 8.27. The summed E-state index contributed by atoms with van der Waals surface area (Å²) in [6.45, 7) is 3.54. The van der Waals surface area contributed by atoms with Gasteiger partial charge in [-0.3, -0.25) is 14.9 Å². The normalized spacial score (nSPS) is 29.1. The minimum Gasteiger partial charge on any atom is -0.493 e. The molecular weight excluding hydrogens is 530 g/mol. The predicted octanol–water partition coefficient (Wildman–Crippen LogP) is 5.45. The third-order valence-corrected chi connectivity index (χ3v) is 8.76. The second kappa shape index (κ2) is 12.0. The second-order valence-electron chi connectivity index (χ2n) is 11.0. The van der Waals surface area contributed by atoms with Crippen molar-refractivity contribution < 1.29 is 33.3 Å². The summed E-state index contributed by atoms with van der Waals surface area (Å²) in [6, 6.07) is 17.6. The van der Waals surface area contributed by atoms with E-state index in [4.69, 9.17) is 23.7 Å². The minimum atomic E-state index is -0.503. The van der Waals surface area contributed by atoms with Crippen LogP contribution in [0.5, 0.6) is 5.75 Å². The van der Waals surface area contributed by atoms with Crippen LogP contribution in [-0.2, 0) is 30.3 Å². The third kappa shape index (κ3) is 6.14. The number of hydrogen-bond acceptors (Lipinski definition) is 8. The minimum absolute atomic E-state index is 0.0559. The molecule has 1 N–H and O–H groups in total. The second-order valence-corrected chi connectivity index (χ2v) is 12.0. The maximum absolute atomic E-state index is 11.8. The first-order valence-electron chi connectivity index (χ1n) is 14.1. The molecule has 9 heteroatoms. The summed E-state index contributed by atoms with van der Waals surface area (Å²) in [4.78, 5) is 23.6. The van der Waals surface area contributed by atoms with Crippen molar-refractivity contribution in [1.82, 2.24) is 5.32 Å². The lowest BCUT2D eigenvalue weighted by Gasteiger charge is -2.34. The fraction of sp³-hybridized carbons (Fsp3) is 0.484. The van der Waals surface area contributed by atoms with Gasteiger partial charge in [0.25, 0.3) is 11.1 Å². The van der Waals surface area contributed by atoms with E-state index in [1.807, 2.05) is 42.5 Å². The lowest BCUT2D eigenvalue weighted by atomic mass is 9.94. The van der Waals surface area contributed by atoms with E-state index in [9.17, 15) is 9.59 Å². The van der Waals surface area contributed by atoms with Gasteiger partial charge in [-0.1, -0.05) is 55.8 Å². The molecular formula is C31H35NO7S. The number of amides is 2. The standard InChI is InChI=1S/C31H35NO7S/c1-20(17-36-23-12-10-21(11-13-23)16-25-29(33)32-30(34)40-25)26-28-27(38-31(39-28)14-6-3-7-15-31)24(37-26)19-35-18-22-8-4-2-5-9-22/h2,4-5,8-13,16,20,24,26-28H,3,6-7,14-15,17-19H2,1H3,(H,32,33,34)/b25-16-/t20?,24-,26?,27-,28+/m1/s1. The number of rotatable bonds is 9. The Bertz CT molecular complexity index is 1230. The van der Waals surface area contributed by atoms with Gasteiger partial charge in [-0.15, -0.1) is 0 Å². The van der Waals surface area contributed by atoms with Crippen LogP contribution in [0.4, 0.5) is 4.79 Å². The molecule has 3 heterocycles. The Morgan fingerprint density at radius 1 is 1.02 bits per heavy atom. The molecule has 2 unspecified atom stereocenters. The van der Waals surface area contributed by atoms with E-state index in [0.29, 0.717) is 24.7 Å². The SMILES string of the molecule is CC(COc1ccc(/C=C2\SC(=O)NC2=O)cc1)C1O[C@H](COCc2ccccc2)[C@H]2OC3(CCCCC3)O[C@@H]12. The van der Waals surface area contributed by atoms with Crippen molar-refractivity contribution in [3.05, 3.63) is 70.6 Å². The number of carbonyl (C=O) groups is 2. The molecule has 0 bridgehead atoms. The van der Waals surface area contributed by atoms with Gasteiger partial charge >= 0.3 is 0 Å². The molecule has 4 aliphatic rings. The van der Waals surface area contributed by atoms with Crippen molar-refractivity contribution >= 4 is 29.0 Å². The van der Waals surface area contributed by atoms with E-state index in [2.05, 4.69) is 24.4 Å². The fourth-order valence-electron chi connectivity index (χ4n) is 5.90. The van der Waals surface area contributed by atoms with Gasteiger partial charge in [-0.2, -0.15) is 0 Å². The number of nitrogens with one attached hydrogen (secondary N) is 1. The van der Waals surface area contributed by atoms with Crippen LogP contribution in [0.25, 0.3) is 6.08 Å². The molecule has 1 spiro atoms. The zero-order valence-corrected chi connectivity index (χ0v) is 23.4. The van der Waals surface area contributed by atoms with Crippen molar-refractivity contribution in [3.8, 4) is 5.75 Å². The van der Waals surface area contributed by atoms with Gasteiger partial charge in [0.1, 0.15) is 24.1 Å². The van der Waals surface area contributed by atoms with Crippen LogP contribution in [0.3, 0.4) is 0 Å². The van der Waals surface area contributed by atoms with Crippen molar-refractivity contribution in [2.75, 3.05) is 13.2 Å². The monoisotopic (exact) mass is 565 g/mol. The summed E-state index contributed by atoms with van der Waals surface area (Å²) in [5.74, 6) is -0.0911. The average Bonchev–Trinajstić information content (AvgIpc) is 3.59. The summed E-state index contributed by atoms with van der Waals surface area (Å²) in [5, 5.41) is 1.92. The van der Waals surface area contributed by atoms with Crippen molar-refractivity contribution in [2.45, 2.75) is 75.8 Å². The largest absolute Gasteiger partial charge is 0.493 e. The summed E-state index contributed by atoms with van der Waals surface area (Å²) in [7, 11) is 0. The number of carbonyl (C=O) groups excluding carboxylic acids is 2. The highest BCUT2D eigenvalue weighted by molar-refractivity contribution is 8.18. The molecule has 212 valence electrons. The van der Waals surface area contributed by atoms with Crippen LogP contribution >= 0.6 is 11.8 Å². The van der Waals surface area contributed by atoms with Crippen LogP contribution < -0.4 is 10.1 Å². The van der Waals surface area contributed by atoms with Crippen LogP contribution in [-0.4, -0.2) is 54.6 Å². The highest BCUT2D eigenvalue weighted by atomic mass is 32.2. The van der Waals surface area contributed by atoms with E-state index in [1.54, 1.807) is 6.08 Å². The molecule has 2 aromatic carbocycles. The molecule has 40 heavy (non-hydrogen) atoms. The molecule has 0 radical (unpaired) electrons. The molecule has 1 saturated carbocycles. The molecule has 3 aliphatic heterocycles. The number of ether oxygens (including phenoxy) is 5. The van der Waals surface area contributed by atoms with E-state index in [0.717, 1.165) is 54.3 Å². The van der Waals surface area contributed by atoms with Crippen LogP contribution in [0.1, 0.15) is 50.2 Å². The smallest absolute Gasteiger partial charge is 0.290 e. The van der Waals surface area contributed by atoms with Gasteiger partial charge in [-0.05, 0) is 53.9 Å². The summed E-state index contributed by atoms with van der Waals surface area (Å²) < 4.78 is 32.0. The molecule has 6 rings (SSSR count). The molecule has 2 amide bonds. The lowest BCUT2D eigenvalue weighted by Crippen LogP contribution is -2.39. The first-order valence-corrected chi connectivity index (χ1v) is 14.9. The summed E-state index contributed by atoms with van der Waals surface area (Å²) in [5.41, 5.74) is 1.95. The molecule has 5 atom stereocenters. The van der Waals surface area contributed by atoms with Crippen LogP contribution in [0.2, 0.25) is 0 Å². The zero-order valence-electron chi connectivity index (χ0n) is 22.6. The van der Waals surface area contributed by atoms with Crippen LogP contribution in [0.15, 0.2) is 59.5 Å². The molecule has 2 aromatic rings. The summed E-state index contributed by atoms with van der Waals surface area (Å²) in [6.07, 6.45) is 6.30. The van der Waals surface area contributed by atoms with E-state index < -0.39 is 5.79 Å². The van der Waals surface area contributed by atoms with Gasteiger partial charge in [0, 0.05) is 18.8 Å². The van der Waals surface area contributed by atoms with Gasteiger partial charge in [0.15, 0.2) is 5.79 Å². The quantitative estimate of drug-likeness (QED) is 0.401. The van der Waals surface area contributed by atoms with Gasteiger partial charge in [0.05, 0.1) is 30.8 Å². The maximum atomic E-state index is 11.8. The number of fused-ring (bicyclic) bond motifs is 1. The van der Waals surface area contributed by atoms with Gasteiger partial charge in [0.2, 0.25) is 0 Å². The highest BCUT2D eigenvalue weighted by Crippen LogP contribution is 2.47. The van der Waals surface area contributed by atoms with E-state index in [-0.39, 0.29) is 41.5 Å². The Labute approximate surface area is 238 Å². The molecule has 1 aliphatic carbocycles. The molecule has 0 aromatic heterocycles. The predicted molar refractivity (Wildman–Crippen MR) is 151 cm³/mol. The Hall–Kier alpha value is -2.69. The van der Waals surface area contributed by atoms with E-state index in [1.165, 1.54) is 6.42 Å².